The molecule has 4 heteroatoms. The predicted octanol–water partition coefficient (Wildman–Crippen LogP) is 3.50. The van der Waals surface area contributed by atoms with Crippen LogP contribution < -0.4 is 5.32 Å². The molecule has 0 bridgehead atoms. The predicted molar refractivity (Wildman–Crippen MR) is 88.0 cm³/mol. The van der Waals surface area contributed by atoms with E-state index in [1.807, 2.05) is 30.0 Å². The lowest BCUT2D eigenvalue weighted by atomic mass is 9.97. The molecule has 2 rings (SSSR count). The van der Waals surface area contributed by atoms with Crippen molar-refractivity contribution >= 4 is 17.5 Å². The highest BCUT2D eigenvalue weighted by molar-refractivity contribution is 6.31. The number of carbonyl (C=O) groups is 1. The van der Waals surface area contributed by atoms with Gasteiger partial charge in [-0.25, -0.2) is 0 Å². The average Bonchev–Trinajstić information content (AvgIpc) is 2.48. The molecule has 1 aromatic carbocycles. The van der Waals surface area contributed by atoms with Crippen molar-refractivity contribution in [3.63, 3.8) is 0 Å². The second kappa shape index (κ2) is 7.28. The van der Waals surface area contributed by atoms with E-state index in [-0.39, 0.29) is 11.9 Å². The monoisotopic (exact) mass is 308 g/mol. The molecule has 1 aliphatic rings. The number of benzene rings is 1. The largest absolute Gasteiger partial charge is 0.336 e. The van der Waals surface area contributed by atoms with Crippen molar-refractivity contribution in [2.75, 3.05) is 19.6 Å². The Labute approximate surface area is 132 Å². The van der Waals surface area contributed by atoms with Crippen LogP contribution in [-0.4, -0.2) is 36.5 Å². The fourth-order valence-corrected chi connectivity index (χ4v) is 3.05. The summed E-state index contributed by atoms with van der Waals surface area (Å²) >= 11 is 6.15. The lowest BCUT2D eigenvalue weighted by Gasteiger charge is -2.33. The molecule has 1 fully saturated rings. The van der Waals surface area contributed by atoms with Crippen molar-refractivity contribution in [1.29, 1.82) is 0 Å². The molecule has 0 radical (unpaired) electrons. The van der Waals surface area contributed by atoms with Gasteiger partial charge in [-0.05, 0) is 70.3 Å². The summed E-state index contributed by atoms with van der Waals surface area (Å²) in [5.41, 5.74) is 1.59. The first-order valence-electron chi connectivity index (χ1n) is 7.77. The zero-order valence-electron chi connectivity index (χ0n) is 13.2. The van der Waals surface area contributed by atoms with Crippen LogP contribution in [0.5, 0.6) is 0 Å². The van der Waals surface area contributed by atoms with Gasteiger partial charge in [0.15, 0.2) is 0 Å². The summed E-state index contributed by atoms with van der Waals surface area (Å²) in [5.74, 6) is 0.639. The molecule has 1 unspecified atom stereocenters. The molecule has 0 spiro atoms. The van der Waals surface area contributed by atoms with Crippen molar-refractivity contribution < 1.29 is 4.79 Å². The summed E-state index contributed by atoms with van der Waals surface area (Å²) in [4.78, 5) is 14.9. The Morgan fingerprint density at radius 2 is 2.24 bits per heavy atom. The number of nitrogens with one attached hydrogen (secondary N) is 1. The first-order chi connectivity index (χ1) is 10.0. The van der Waals surface area contributed by atoms with E-state index in [1.165, 1.54) is 12.8 Å². The molecular formula is C17H25ClN2O. The lowest BCUT2D eigenvalue weighted by Crippen LogP contribution is -2.44. The van der Waals surface area contributed by atoms with Gasteiger partial charge < -0.3 is 10.2 Å². The van der Waals surface area contributed by atoms with E-state index in [9.17, 15) is 4.79 Å². The Bertz CT molecular complexity index is 496. The maximum Gasteiger partial charge on any atom is 0.254 e. The van der Waals surface area contributed by atoms with Gasteiger partial charge in [0, 0.05) is 23.2 Å². The van der Waals surface area contributed by atoms with E-state index in [0.717, 1.165) is 30.8 Å². The third-order valence-electron chi connectivity index (χ3n) is 4.24. The summed E-state index contributed by atoms with van der Waals surface area (Å²) in [7, 11) is 0. The van der Waals surface area contributed by atoms with Crippen molar-refractivity contribution in [1.82, 2.24) is 10.2 Å². The molecule has 1 saturated heterocycles. The first kappa shape index (κ1) is 16.3. The molecule has 3 nitrogen and oxygen atoms in total. The topological polar surface area (TPSA) is 32.3 Å². The summed E-state index contributed by atoms with van der Waals surface area (Å²) in [6, 6.07) is 5.75. The minimum Gasteiger partial charge on any atom is -0.336 e. The fourth-order valence-electron chi connectivity index (χ4n) is 2.88. The highest BCUT2D eigenvalue weighted by Gasteiger charge is 2.25. The molecule has 1 heterocycles. The van der Waals surface area contributed by atoms with Crippen molar-refractivity contribution in [2.24, 2.45) is 5.92 Å². The van der Waals surface area contributed by atoms with Crippen LogP contribution in [-0.2, 0) is 0 Å². The van der Waals surface area contributed by atoms with E-state index in [4.69, 9.17) is 11.6 Å². The Morgan fingerprint density at radius 3 is 2.86 bits per heavy atom. The molecule has 1 N–H and O–H groups in total. The summed E-state index contributed by atoms with van der Waals surface area (Å²) in [6.07, 6.45) is 2.39. The second-order valence-electron chi connectivity index (χ2n) is 6.18. The Balaban J connectivity index is 2.17. The lowest BCUT2D eigenvalue weighted by molar-refractivity contribution is 0.0660. The van der Waals surface area contributed by atoms with E-state index < -0.39 is 0 Å². The van der Waals surface area contributed by atoms with Crippen LogP contribution in [0, 0.1) is 12.8 Å². The number of halogens is 1. The quantitative estimate of drug-likeness (QED) is 0.923. The number of hydrogen-bond donors (Lipinski definition) is 1. The SMILES string of the molecule is Cc1c(Cl)cccc1C(=O)N(CC1CCCNC1)C(C)C. The van der Waals surface area contributed by atoms with Gasteiger partial charge >= 0.3 is 0 Å². The van der Waals surface area contributed by atoms with Crippen LogP contribution in [0.3, 0.4) is 0 Å². The average molecular weight is 309 g/mol. The minimum atomic E-state index is 0.0931. The zero-order valence-corrected chi connectivity index (χ0v) is 13.9. The van der Waals surface area contributed by atoms with Crippen LogP contribution in [0.2, 0.25) is 5.02 Å². The molecule has 21 heavy (non-hydrogen) atoms. The van der Waals surface area contributed by atoms with Gasteiger partial charge in [0.25, 0.3) is 5.91 Å². The van der Waals surface area contributed by atoms with Gasteiger partial charge in [0.1, 0.15) is 0 Å². The summed E-state index contributed by atoms with van der Waals surface area (Å²) < 4.78 is 0. The van der Waals surface area contributed by atoms with Crippen LogP contribution >= 0.6 is 11.6 Å². The molecule has 1 atom stereocenters. The maximum absolute atomic E-state index is 12.9. The fraction of sp³-hybridized carbons (Fsp3) is 0.588. The van der Waals surface area contributed by atoms with Crippen molar-refractivity contribution in [3.8, 4) is 0 Å². The summed E-state index contributed by atoms with van der Waals surface area (Å²) in [6.45, 7) is 8.98. The number of rotatable bonds is 4. The van der Waals surface area contributed by atoms with Crippen LogP contribution in [0.4, 0.5) is 0 Å². The number of hydrogen-bond acceptors (Lipinski definition) is 2. The van der Waals surface area contributed by atoms with Gasteiger partial charge in [0.2, 0.25) is 0 Å². The Hall–Kier alpha value is -1.06. The molecule has 1 aromatic rings. The Morgan fingerprint density at radius 1 is 1.48 bits per heavy atom. The highest BCUT2D eigenvalue weighted by atomic mass is 35.5. The van der Waals surface area contributed by atoms with Crippen LogP contribution in [0.15, 0.2) is 18.2 Å². The minimum absolute atomic E-state index is 0.0931. The van der Waals surface area contributed by atoms with Gasteiger partial charge in [0.05, 0.1) is 0 Å². The van der Waals surface area contributed by atoms with E-state index >= 15 is 0 Å². The van der Waals surface area contributed by atoms with Crippen LogP contribution in [0.25, 0.3) is 0 Å². The van der Waals surface area contributed by atoms with E-state index in [1.54, 1.807) is 0 Å². The number of carbonyl (C=O) groups excluding carboxylic acids is 1. The molecule has 1 amide bonds. The normalized spacial score (nSPS) is 18.8. The maximum atomic E-state index is 12.9. The van der Waals surface area contributed by atoms with E-state index in [2.05, 4.69) is 19.2 Å². The zero-order chi connectivity index (χ0) is 15.4. The van der Waals surface area contributed by atoms with Crippen molar-refractivity contribution in [3.05, 3.63) is 34.3 Å². The number of piperidine rings is 1. The summed E-state index contributed by atoms with van der Waals surface area (Å²) in [5, 5.41) is 4.08. The number of nitrogens with zero attached hydrogens (tertiary/aromatic N) is 1. The Kier molecular flexibility index (Phi) is 5.65. The molecule has 0 aromatic heterocycles. The van der Waals surface area contributed by atoms with Crippen molar-refractivity contribution in [2.45, 2.75) is 39.7 Å². The van der Waals surface area contributed by atoms with Crippen LogP contribution in [0.1, 0.15) is 42.6 Å². The van der Waals surface area contributed by atoms with Gasteiger partial charge in [-0.15, -0.1) is 0 Å². The van der Waals surface area contributed by atoms with Gasteiger partial charge in [-0.2, -0.15) is 0 Å². The highest BCUT2D eigenvalue weighted by Crippen LogP contribution is 2.22. The smallest absolute Gasteiger partial charge is 0.254 e. The first-order valence-corrected chi connectivity index (χ1v) is 8.15. The molecule has 0 aliphatic carbocycles. The van der Waals surface area contributed by atoms with Gasteiger partial charge in [-0.1, -0.05) is 17.7 Å². The molecule has 0 saturated carbocycles. The molecule has 1 aliphatic heterocycles. The molecular weight excluding hydrogens is 284 g/mol. The molecule has 116 valence electrons. The third kappa shape index (κ3) is 3.98. The second-order valence-corrected chi connectivity index (χ2v) is 6.58. The standard InChI is InChI=1S/C17H25ClN2O/c1-12(2)20(11-14-6-5-9-19-10-14)17(21)15-7-4-8-16(18)13(15)3/h4,7-8,12,14,19H,5-6,9-11H2,1-3H3. The number of amides is 1. The van der Waals surface area contributed by atoms with Gasteiger partial charge in [-0.3, -0.25) is 4.79 Å². The van der Waals surface area contributed by atoms with E-state index in [0.29, 0.717) is 10.9 Å². The third-order valence-corrected chi connectivity index (χ3v) is 4.65.